The van der Waals surface area contributed by atoms with Gasteiger partial charge in [0.05, 0.1) is 11.4 Å². The molecule has 6 heteroatoms. The van der Waals surface area contributed by atoms with Gasteiger partial charge in [-0.15, -0.1) is 0 Å². The molecule has 0 saturated carbocycles. The largest absolute Gasteiger partial charge is 0.399 e. The van der Waals surface area contributed by atoms with E-state index in [-0.39, 0.29) is 17.2 Å². The number of amides is 1. The molecule has 128 valence electrons. The van der Waals surface area contributed by atoms with E-state index in [1.807, 2.05) is 37.3 Å². The Balaban J connectivity index is 2.00. The summed E-state index contributed by atoms with van der Waals surface area (Å²) in [5, 5.41) is 2.74. The van der Waals surface area contributed by atoms with E-state index >= 15 is 0 Å². The van der Waals surface area contributed by atoms with E-state index < -0.39 is 0 Å². The van der Waals surface area contributed by atoms with Crippen molar-refractivity contribution in [3.63, 3.8) is 0 Å². The number of hydrogen-bond acceptors (Lipinski definition) is 3. The summed E-state index contributed by atoms with van der Waals surface area (Å²) in [4.78, 5) is 25.3. The molecule has 0 radical (unpaired) electrons. The molecule has 1 aromatic heterocycles. The number of nitrogens with zero attached hydrogens (tertiary/aromatic N) is 2. The van der Waals surface area contributed by atoms with Crippen molar-refractivity contribution in [1.82, 2.24) is 9.36 Å². The summed E-state index contributed by atoms with van der Waals surface area (Å²) >= 11 is 0. The summed E-state index contributed by atoms with van der Waals surface area (Å²) in [5.74, 6) is -0.339. The monoisotopic (exact) mass is 336 g/mol. The number of carbonyl (C=O) groups excluding carboxylic acids is 1. The molecule has 0 unspecified atom stereocenters. The zero-order valence-electron chi connectivity index (χ0n) is 14.4. The maximum atomic E-state index is 12.8. The molecule has 6 nitrogen and oxygen atoms in total. The van der Waals surface area contributed by atoms with Gasteiger partial charge >= 0.3 is 0 Å². The van der Waals surface area contributed by atoms with Gasteiger partial charge in [-0.2, -0.15) is 0 Å². The predicted molar refractivity (Wildman–Crippen MR) is 99.3 cm³/mol. The molecule has 3 aromatic rings. The van der Waals surface area contributed by atoms with Crippen molar-refractivity contribution < 1.29 is 4.79 Å². The van der Waals surface area contributed by atoms with Crippen LogP contribution in [-0.2, 0) is 7.05 Å². The molecule has 1 amide bonds. The van der Waals surface area contributed by atoms with Gasteiger partial charge in [-0.05, 0) is 49.7 Å². The van der Waals surface area contributed by atoms with Crippen molar-refractivity contribution in [1.29, 1.82) is 0 Å². The first-order chi connectivity index (χ1) is 11.9. The second-order valence-electron chi connectivity index (χ2n) is 5.96. The zero-order chi connectivity index (χ0) is 18.1. The molecule has 0 aliphatic rings. The normalized spacial score (nSPS) is 10.7. The highest BCUT2D eigenvalue weighted by atomic mass is 16.2. The van der Waals surface area contributed by atoms with Crippen LogP contribution in [0.25, 0.3) is 5.69 Å². The van der Waals surface area contributed by atoms with E-state index in [9.17, 15) is 9.59 Å². The summed E-state index contributed by atoms with van der Waals surface area (Å²) in [5.41, 5.74) is 9.10. The summed E-state index contributed by atoms with van der Waals surface area (Å²) in [7, 11) is 1.78. The van der Waals surface area contributed by atoms with Crippen LogP contribution in [0, 0.1) is 13.8 Å². The third-order valence-corrected chi connectivity index (χ3v) is 4.32. The summed E-state index contributed by atoms with van der Waals surface area (Å²) in [6.45, 7) is 3.63. The van der Waals surface area contributed by atoms with E-state index in [0.29, 0.717) is 16.9 Å². The zero-order valence-corrected chi connectivity index (χ0v) is 14.4. The first-order valence-electron chi connectivity index (χ1n) is 7.91. The van der Waals surface area contributed by atoms with E-state index in [4.69, 9.17) is 5.73 Å². The number of aromatic nitrogens is 2. The van der Waals surface area contributed by atoms with Crippen LogP contribution in [-0.4, -0.2) is 15.3 Å². The van der Waals surface area contributed by atoms with Gasteiger partial charge in [-0.25, -0.2) is 4.68 Å². The number of para-hydroxylation sites is 1. The van der Waals surface area contributed by atoms with Crippen LogP contribution in [0.1, 0.15) is 21.6 Å². The minimum Gasteiger partial charge on any atom is -0.399 e. The van der Waals surface area contributed by atoms with Gasteiger partial charge in [-0.1, -0.05) is 18.2 Å². The SMILES string of the molecule is Cc1cc(C(=O)Nc2c(C)n(C)n(-c3ccccc3)c2=O)ccc1N. The highest BCUT2D eigenvalue weighted by molar-refractivity contribution is 6.04. The van der Waals surface area contributed by atoms with Gasteiger partial charge in [0.15, 0.2) is 0 Å². The topological polar surface area (TPSA) is 82.0 Å². The van der Waals surface area contributed by atoms with Crippen LogP contribution >= 0.6 is 0 Å². The van der Waals surface area contributed by atoms with Gasteiger partial charge in [0.2, 0.25) is 0 Å². The van der Waals surface area contributed by atoms with Gasteiger partial charge in [0.1, 0.15) is 5.69 Å². The number of benzene rings is 2. The average molecular weight is 336 g/mol. The van der Waals surface area contributed by atoms with Gasteiger partial charge in [0, 0.05) is 18.3 Å². The Morgan fingerprint density at radius 3 is 2.40 bits per heavy atom. The summed E-state index contributed by atoms with van der Waals surface area (Å²) in [6.07, 6.45) is 0. The molecule has 3 N–H and O–H groups in total. The van der Waals surface area contributed by atoms with E-state index in [0.717, 1.165) is 11.3 Å². The summed E-state index contributed by atoms with van der Waals surface area (Å²) in [6, 6.07) is 14.3. The lowest BCUT2D eigenvalue weighted by atomic mass is 10.1. The van der Waals surface area contributed by atoms with Gasteiger partial charge in [-0.3, -0.25) is 14.3 Å². The Bertz CT molecular complexity index is 1000. The number of nitrogens with one attached hydrogen (secondary N) is 1. The van der Waals surface area contributed by atoms with Gasteiger partial charge < -0.3 is 11.1 Å². The van der Waals surface area contributed by atoms with Crippen LogP contribution in [0.15, 0.2) is 53.3 Å². The van der Waals surface area contributed by atoms with E-state index in [2.05, 4.69) is 5.32 Å². The minimum atomic E-state index is -0.339. The fourth-order valence-electron chi connectivity index (χ4n) is 2.71. The fourth-order valence-corrected chi connectivity index (χ4v) is 2.71. The van der Waals surface area contributed by atoms with Crippen molar-refractivity contribution in [3.05, 3.63) is 75.7 Å². The Labute approximate surface area is 145 Å². The minimum absolute atomic E-state index is 0.269. The Hall–Kier alpha value is -3.28. The molecule has 0 spiro atoms. The number of carbonyl (C=O) groups is 1. The highest BCUT2D eigenvalue weighted by Crippen LogP contribution is 2.17. The van der Waals surface area contributed by atoms with Crippen molar-refractivity contribution in [2.45, 2.75) is 13.8 Å². The molecule has 0 bridgehead atoms. The third kappa shape index (κ3) is 2.94. The van der Waals surface area contributed by atoms with E-state index in [1.54, 1.807) is 36.9 Å². The maximum Gasteiger partial charge on any atom is 0.295 e. The van der Waals surface area contributed by atoms with Crippen molar-refractivity contribution in [3.8, 4) is 5.69 Å². The van der Waals surface area contributed by atoms with Crippen LogP contribution < -0.4 is 16.6 Å². The number of hydrogen-bond donors (Lipinski definition) is 2. The third-order valence-electron chi connectivity index (χ3n) is 4.32. The maximum absolute atomic E-state index is 12.8. The lowest BCUT2D eigenvalue weighted by Gasteiger charge is -2.07. The number of rotatable bonds is 3. The smallest absolute Gasteiger partial charge is 0.295 e. The number of nitrogens with two attached hydrogens (primary N) is 1. The number of nitrogen functional groups attached to an aromatic ring is 1. The first kappa shape index (κ1) is 16.6. The predicted octanol–water partition coefficient (Wildman–Crippen LogP) is 2.63. The molecule has 0 aliphatic carbocycles. The molecule has 25 heavy (non-hydrogen) atoms. The van der Waals surface area contributed by atoms with Crippen LogP contribution in [0.3, 0.4) is 0 Å². The lowest BCUT2D eigenvalue weighted by molar-refractivity contribution is 0.102. The Morgan fingerprint density at radius 2 is 1.76 bits per heavy atom. The number of aryl methyl sites for hydroxylation is 1. The molecule has 0 saturated heterocycles. The molecule has 1 heterocycles. The molecule has 3 rings (SSSR count). The van der Waals surface area contributed by atoms with Gasteiger partial charge in [0.25, 0.3) is 11.5 Å². The molecular weight excluding hydrogens is 316 g/mol. The second kappa shape index (κ2) is 6.32. The van der Waals surface area contributed by atoms with Crippen LogP contribution in [0.5, 0.6) is 0 Å². The standard InChI is InChI=1S/C19H20N4O2/c1-12-11-14(9-10-16(12)20)18(24)21-17-13(2)22(3)23(19(17)25)15-7-5-4-6-8-15/h4-11H,20H2,1-3H3,(H,21,24). The first-order valence-corrected chi connectivity index (χ1v) is 7.91. The lowest BCUT2D eigenvalue weighted by Crippen LogP contribution is -2.23. The average Bonchev–Trinajstić information content (AvgIpc) is 2.81. The van der Waals surface area contributed by atoms with Crippen molar-refractivity contribution >= 4 is 17.3 Å². The number of anilines is 2. The van der Waals surface area contributed by atoms with E-state index in [1.165, 1.54) is 4.68 Å². The fraction of sp³-hybridized carbons (Fsp3) is 0.158. The van der Waals surface area contributed by atoms with Crippen molar-refractivity contribution in [2.75, 3.05) is 11.1 Å². The summed E-state index contributed by atoms with van der Waals surface area (Å²) < 4.78 is 3.25. The molecule has 2 aromatic carbocycles. The van der Waals surface area contributed by atoms with Crippen LogP contribution in [0.2, 0.25) is 0 Å². The quantitative estimate of drug-likeness (QED) is 0.721. The molecule has 0 atom stereocenters. The molecular formula is C19H20N4O2. The second-order valence-corrected chi connectivity index (χ2v) is 5.96. The van der Waals surface area contributed by atoms with Crippen molar-refractivity contribution in [2.24, 2.45) is 7.05 Å². The molecule has 0 fully saturated rings. The highest BCUT2D eigenvalue weighted by Gasteiger charge is 2.18. The molecule has 0 aliphatic heterocycles. The Kier molecular flexibility index (Phi) is 4.19. The Morgan fingerprint density at radius 1 is 1.08 bits per heavy atom. The van der Waals surface area contributed by atoms with Crippen LogP contribution in [0.4, 0.5) is 11.4 Å².